The predicted octanol–water partition coefficient (Wildman–Crippen LogP) is 5.14. The number of aromatic hydroxyl groups is 1. The number of nitrogens with two attached hydrogens (primary N) is 1. The van der Waals surface area contributed by atoms with Crippen LogP contribution in [0, 0.1) is 0 Å². The van der Waals surface area contributed by atoms with Crippen LogP contribution in [0.2, 0.25) is 0 Å². The van der Waals surface area contributed by atoms with Crippen molar-refractivity contribution in [1.82, 2.24) is 4.98 Å². The van der Waals surface area contributed by atoms with E-state index in [0.29, 0.717) is 21.3 Å². The SMILES string of the molecule is COc1cccc(C(=O)c2sc(N(c3ccccc3)c3ccc(O)cc3)nc2N)c1. The molecular formula is C23H19N3O3S. The van der Waals surface area contributed by atoms with E-state index in [1.807, 2.05) is 35.2 Å². The molecule has 0 radical (unpaired) electrons. The molecule has 0 bridgehead atoms. The highest BCUT2D eigenvalue weighted by Gasteiger charge is 2.23. The van der Waals surface area contributed by atoms with Crippen molar-refractivity contribution in [3.8, 4) is 11.5 Å². The van der Waals surface area contributed by atoms with Crippen molar-refractivity contribution in [2.24, 2.45) is 0 Å². The van der Waals surface area contributed by atoms with Crippen molar-refractivity contribution in [1.29, 1.82) is 0 Å². The summed E-state index contributed by atoms with van der Waals surface area (Å²) in [5.74, 6) is 0.717. The van der Waals surface area contributed by atoms with Gasteiger partial charge in [-0.15, -0.1) is 0 Å². The minimum Gasteiger partial charge on any atom is -0.508 e. The summed E-state index contributed by atoms with van der Waals surface area (Å²) < 4.78 is 5.22. The Morgan fingerprint density at radius 1 is 1.00 bits per heavy atom. The molecule has 3 aromatic carbocycles. The van der Waals surface area contributed by atoms with E-state index >= 15 is 0 Å². The molecule has 4 rings (SSSR count). The van der Waals surface area contributed by atoms with Gasteiger partial charge in [0.1, 0.15) is 22.2 Å². The molecule has 6 nitrogen and oxygen atoms in total. The number of carbonyl (C=O) groups is 1. The minimum atomic E-state index is -0.214. The molecule has 150 valence electrons. The topological polar surface area (TPSA) is 88.7 Å². The van der Waals surface area contributed by atoms with E-state index < -0.39 is 0 Å². The fourth-order valence-electron chi connectivity index (χ4n) is 3.02. The molecule has 0 saturated heterocycles. The summed E-state index contributed by atoms with van der Waals surface area (Å²) in [6.45, 7) is 0. The number of nitrogen functional groups attached to an aromatic ring is 1. The van der Waals surface area contributed by atoms with E-state index in [0.717, 1.165) is 11.4 Å². The van der Waals surface area contributed by atoms with Gasteiger partial charge >= 0.3 is 0 Å². The van der Waals surface area contributed by atoms with Gasteiger partial charge in [0.25, 0.3) is 0 Å². The molecule has 7 heteroatoms. The Balaban J connectivity index is 1.78. The zero-order valence-electron chi connectivity index (χ0n) is 16.1. The van der Waals surface area contributed by atoms with E-state index in [9.17, 15) is 9.90 Å². The molecule has 0 amide bonds. The van der Waals surface area contributed by atoms with Crippen LogP contribution in [0.3, 0.4) is 0 Å². The molecule has 4 aromatic rings. The van der Waals surface area contributed by atoms with Crippen molar-refractivity contribution in [3.63, 3.8) is 0 Å². The first-order chi connectivity index (χ1) is 14.6. The van der Waals surface area contributed by atoms with E-state index in [4.69, 9.17) is 10.5 Å². The van der Waals surface area contributed by atoms with E-state index in [-0.39, 0.29) is 17.4 Å². The maximum atomic E-state index is 13.1. The molecule has 0 aliphatic heterocycles. The van der Waals surface area contributed by atoms with E-state index in [1.165, 1.54) is 11.3 Å². The van der Waals surface area contributed by atoms with Crippen LogP contribution in [-0.4, -0.2) is 23.0 Å². The zero-order valence-corrected chi connectivity index (χ0v) is 17.0. The van der Waals surface area contributed by atoms with Crippen LogP contribution in [0.4, 0.5) is 22.3 Å². The Morgan fingerprint density at radius 3 is 2.40 bits per heavy atom. The number of methoxy groups -OCH3 is 1. The van der Waals surface area contributed by atoms with Gasteiger partial charge in [-0.2, -0.15) is 0 Å². The van der Waals surface area contributed by atoms with Crippen LogP contribution >= 0.6 is 11.3 Å². The first-order valence-corrected chi connectivity index (χ1v) is 9.97. The zero-order chi connectivity index (χ0) is 21.1. The molecule has 3 N–H and O–H groups in total. The number of ether oxygens (including phenoxy) is 1. The van der Waals surface area contributed by atoms with Crippen molar-refractivity contribution in [3.05, 3.63) is 89.3 Å². The van der Waals surface area contributed by atoms with E-state index in [1.54, 1.807) is 55.6 Å². The Kier molecular flexibility index (Phi) is 5.36. The molecule has 0 aliphatic carbocycles. The summed E-state index contributed by atoms with van der Waals surface area (Å²) in [6.07, 6.45) is 0. The summed E-state index contributed by atoms with van der Waals surface area (Å²) in [4.78, 5) is 19.8. The molecule has 1 aromatic heterocycles. The number of thiazole rings is 1. The second kappa shape index (κ2) is 8.26. The van der Waals surface area contributed by atoms with Crippen molar-refractivity contribution in [2.45, 2.75) is 0 Å². The summed E-state index contributed by atoms with van der Waals surface area (Å²) in [6, 6.07) is 23.3. The summed E-state index contributed by atoms with van der Waals surface area (Å²) in [5, 5.41) is 10.2. The number of hydrogen-bond acceptors (Lipinski definition) is 7. The second-order valence-electron chi connectivity index (χ2n) is 6.46. The predicted molar refractivity (Wildman–Crippen MR) is 119 cm³/mol. The van der Waals surface area contributed by atoms with Gasteiger partial charge in [0.15, 0.2) is 5.13 Å². The lowest BCUT2D eigenvalue weighted by molar-refractivity contribution is 0.104. The molecular weight excluding hydrogens is 398 g/mol. The third kappa shape index (κ3) is 3.83. The highest BCUT2D eigenvalue weighted by Crippen LogP contribution is 2.40. The number of benzene rings is 3. The lowest BCUT2D eigenvalue weighted by Gasteiger charge is -2.22. The van der Waals surface area contributed by atoms with Crippen molar-refractivity contribution < 1.29 is 14.6 Å². The fourth-order valence-corrected chi connectivity index (χ4v) is 4.01. The number of rotatable bonds is 6. The van der Waals surface area contributed by atoms with Gasteiger partial charge in [-0.25, -0.2) is 4.98 Å². The Bertz CT molecular complexity index is 1170. The quantitative estimate of drug-likeness (QED) is 0.422. The summed E-state index contributed by atoms with van der Waals surface area (Å²) in [5.41, 5.74) is 8.27. The number of phenols is 1. The fraction of sp³-hybridized carbons (Fsp3) is 0.0435. The largest absolute Gasteiger partial charge is 0.508 e. The number of nitrogens with zero attached hydrogens (tertiary/aromatic N) is 2. The first kappa shape index (κ1) is 19.5. The van der Waals surface area contributed by atoms with Crippen LogP contribution in [0.1, 0.15) is 15.2 Å². The summed E-state index contributed by atoms with van der Waals surface area (Å²) >= 11 is 1.21. The maximum Gasteiger partial charge on any atom is 0.206 e. The van der Waals surface area contributed by atoms with E-state index in [2.05, 4.69) is 4.98 Å². The second-order valence-corrected chi connectivity index (χ2v) is 7.44. The normalized spacial score (nSPS) is 10.6. The number of anilines is 4. The van der Waals surface area contributed by atoms with Gasteiger partial charge in [0, 0.05) is 16.9 Å². The molecule has 0 unspecified atom stereocenters. The van der Waals surface area contributed by atoms with Crippen LogP contribution < -0.4 is 15.4 Å². The number of carbonyl (C=O) groups excluding carboxylic acids is 1. The van der Waals surface area contributed by atoms with Crippen LogP contribution in [0.5, 0.6) is 11.5 Å². The molecule has 0 spiro atoms. The van der Waals surface area contributed by atoms with Crippen molar-refractivity contribution >= 4 is 39.4 Å². The number of para-hydroxylation sites is 1. The molecule has 0 saturated carbocycles. The van der Waals surface area contributed by atoms with Gasteiger partial charge in [0.2, 0.25) is 5.78 Å². The maximum absolute atomic E-state index is 13.1. The molecule has 0 fully saturated rings. The monoisotopic (exact) mass is 417 g/mol. The van der Waals surface area contributed by atoms with Crippen LogP contribution in [-0.2, 0) is 0 Å². The Hall–Kier alpha value is -3.84. The van der Waals surface area contributed by atoms with Gasteiger partial charge in [-0.05, 0) is 48.5 Å². The summed E-state index contributed by atoms with van der Waals surface area (Å²) in [7, 11) is 1.55. The lowest BCUT2D eigenvalue weighted by atomic mass is 10.1. The number of aromatic nitrogens is 1. The van der Waals surface area contributed by atoms with Gasteiger partial charge < -0.3 is 15.6 Å². The highest BCUT2D eigenvalue weighted by molar-refractivity contribution is 7.18. The number of hydrogen-bond donors (Lipinski definition) is 2. The number of phenolic OH excluding ortho intramolecular Hbond substituents is 1. The lowest BCUT2D eigenvalue weighted by Crippen LogP contribution is -2.09. The number of ketones is 1. The standard InChI is InChI=1S/C23H19N3O3S/c1-29-19-9-5-6-15(14-19)20(28)21-22(24)25-23(30-21)26(16-7-3-2-4-8-16)17-10-12-18(27)13-11-17/h2-14,27H,24H2,1H3. The average molecular weight is 417 g/mol. The Morgan fingerprint density at radius 2 is 1.70 bits per heavy atom. The Labute approximate surface area is 177 Å². The molecule has 0 atom stereocenters. The van der Waals surface area contributed by atoms with Crippen molar-refractivity contribution in [2.75, 3.05) is 17.7 Å². The smallest absolute Gasteiger partial charge is 0.206 e. The van der Waals surface area contributed by atoms with Crippen LogP contribution in [0.15, 0.2) is 78.9 Å². The third-order valence-corrected chi connectivity index (χ3v) is 5.55. The van der Waals surface area contributed by atoms with Gasteiger partial charge in [-0.1, -0.05) is 41.7 Å². The molecule has 30 heavy (non-hydrogen) atoms. The van der Waals surface area contributed by atoms with Gasteiger partial charge in [0.05, 0.1) is 7.11 Å². The van der Waals surface area contributed by atoms with Gasteiger partial charge in [-0.3, -0.25) is 9.69 Å². The molecule has 1 heterocycles. The third-order valence-electron chi connectivity index (χ3n) is 4.49. The molecule has 0 aliphatic rings. The first-order valence-electron chi connectivity index (χ1n) is 9.16. The highest BCUT2D eigenvalue weighted by atomic mass is 32.1. The minimum absolute atomic E-state index is 0.166. The van der Waals surface area contributed by atoms with Crippen LogP contribution in [0.25, 0.3) is 0 Å². The average Bonchev–Trinajstić information content (AvgIpc) is 3.16.